The summed E-state index contributed by atoms with van der Waals surface area (Å²) in [6.07, 6.45) is 2.92. The van der Waals surface area contributed by atoms with Crippen molar-refractivity contribution in [2.45, 2.75) is 32.2 Å². The summed E-state index contributed by atoms with van der Waals surface area (Å²) in [7, 11) is 0. The van der Waals surface area contributed by atoms with Gasteiger partial charge in [0.05, 0.1) is 5.84 Å². The first kappa shape index (κ1) is 13.7. The SMILES string of the molecule is CC(=N)NCCCC[C@H](N)CNC(=N)N. The van der Waals surface area contributed by atoms with E-state index in [9.17, 15) is 0 Å². The third-order valence-electron chi connectivity index (χ3n) is 1.95. The second kappa shape index (κ2) is 8.05. The van der Waals surface area contributed by atoms with Crippen LogP contribution in [0.1, 0.15) is 26.2 Å². The van der Waals surface area contributed by atoms with Crippen molar-refractivity contribution in [2.75, 3.05) is 13.1 Å². The standard InChI is InChI=1S/C9H22N6/c1-7(10)14-5-3-2-4-8(11)6-15-9(12)13/h8H,2-6,11H2,1H3,(H2,10,14)(H4,12,13,15)/t8-/m0/s1. The van der Waals surface area contributed by atoms with E-state index in [0.29, 0.717) is 12.4 Å². The molecule has 0 aromatic carbocycles. The number of rotatable bonds is 7. The molecule has 0 aliphatic carbocycles. The third-order valence-corrected chi connectivity index (χ3v) is 1.95. The van der Waals surface area contributed by atoms with Crippen LogP contribution in [0.25, 0.3) is 0 Å². The van der Waals surface area contributed by atoms with Gasteiger partial charge in [0.25, 0.3) is 0 Å². The van der Waals surface area contributed by atoms with Crippen molar-refractivity contribution >= 4 is 11.8 Å². The van der Waals surface area contributed by atoms with Gasteiger partial charge >= 0.3 is 0 Å². The van der Waals surface area contributed by atoms with Crippen LogP contribution in [0, 0.1) is 10.8 Å². The van der Waals surface area contributed by atoms with Gasteiger partial charge in [-0.2, -0.15) is 0 Å². The molecule has 0 unspecified atom stereocenters. The fraction of sp³-hybridized carbons (Fsp3) is 0.778. The van der Waals surface area contributed by atoms with Crippen LogP contribution in [0.2, 0.25) is 0 Å². The minimum Gasteiger partial charge on any atom is -0.374 e. The molecule has 0 aliphatic heterocycles. The van der Waals surface area contributed by atoms with Crippen molar-refractivity contribution in [1.29, 1.82) is 10.8 Å². The van der Waals surface area contributed by atoms with Gasteiger partial charge in [0, 0.05) is 19.1 Å². The van der Waals surface area contributed by atoms with Crippen LogP contribution < -0.4 is 22.1 Å². The average Bonchev–Trinajstić information content (AvgIpc) is 2.13. The second-order valence-electron chi connectivity index (χ2n) is 3.60. The molecule has 0 fully saturated rings. The molecule has 8 N–H and O–H groups in total. The van der Waals surface area contributed by atoms with Gasteiger partial charge < -0.3 is 22.1 Å². The summed E-state index contributed by atoms with van der Waals surface area (Å²) < 4.78 is 0. The first-order chi connectivity index (χ1) is 7.02. The summed E-state index contributed by atoms with van der Waals surface area (Å²) in [5.74, 6) is 0.462. The van der Waals surface area contributed by atoms with Crippen molar-refractivity contribution in [3.63, 3.8) is 0 Å². The van der Waals surface area contributed by atoms with Gasteiger partial charge in [-0.25, -0.2) is 0 Å². The topological polar surface area (TPSA) is 124 Å². The van der Waals surface area contributed by atoms with Gasteiger partial charge in [0.1, 0.15) is 0 Å². The molecule has 0 spiro atoms. The number of nitrogens with two attached hydrogens (primary N) is 2. The first-order valence-corrected chi connectivity index (χ1v) is 5.15. The van der Waals surface area contributed by atoms with Crippen LogP contribution in [0.5, 0.6) is 0 Å². The molecule has 0 rings (SSSR count). The van der Waals surface area contributed by atoms with Crippen LogP contribution in [0.15, 0.2) is 0 Å². The number of hydrogen-bond donors (Lipinski definition) is 6. The highest BCUT2D eigenvalue weighted by atomic mass is 15.0. The molecule has 0 aliphatic rings. The molecule has 0 aromatic rings. The molecule has 6 heteroatoms. The zero-order valence-corrected chi connectivity index (χ0v) is 9.27. The lowest BCUT2D eigenvalue weighted by atomic mass is 10.1. The Labute approximate surface area is 90.8 Å². The highest BCUT2D eigenvalue weighted by molar-refractivity contribution is 5.75. The van der Waals surface area contributed by atoms with Crippen molar-refractivity contribution in [3.8, 4) is 0 Å². The second-order valence-corrected chi connectivity index (χ2v) is 3.60. The van der Waals surface area contributed by atoms with E-state index in [4.69, 9.17) is 22.3 Å². The van der Waals surface area contributed by atoms with Crippen LogP contribution in [0.3, 0.4) is 0 Å². The van der Waals surface area contributed by atoms with E-state index in [1.807, 2.05) is 0 Å². The largest absolute Gasteiger partial charge is 0.374 e. The summed E-state index contributed by atoms with van der Waals surface area (Å²) in [5, 5.41) is 19.7. The van der Waals surface area contributed by atoms with Gasteiger partial charge in [-0.05, 0) is 19.8 Å². The van der Waals surface area contributed by atoms with Gasteiger partial charge in [-0.15, -0.1) is 0 Å². The maximum Gasteiger partial charge on any atom is 0.185 e. The zero-order valence-electron chi connectivity index (χ0n) is 9.27. The Morgan fingerprint density at radius 2 is 1.93 bits per heavy atom. The van der Waals surface area contributed by atoms with Crippen LogP contribution in [-0.2, 0) is 0 Å². The summed E-state index contributed by atoms with van der Waals surface area (Å²) in [4.78, 5) is 0. The Bertz CT molecular complexity index is 203. The minimum absolute atomic E-state index is 0.0356. The van der Waals surface area contributed by atoms with E-state index >= 15 is 0 Å². The monoisotopic (exact) mass is 214 g/mol. The van der Waals surface area contributed by atoms with E-state index in [1.165, 1.54) is 0 Å². The molecule has 0 heterocycles. The Hall–Kier alpha value is -1.30. The highest BCUT2D eigenvalue weighted by Crippen LogP contribution is 1.97. The van der Waals surface area contributed by atoms with E-state index < -0.39 is 0 Å². The molecule has 0 amide bonds. The van der Waals surface area contributed by atoms with Gasteiger partial charge in [-0.1, -0.05) is 6.42 Å². The van der Waals surface area contributed by atoms with Crippen molar-refractivity contribution in [3.05, 3.63) is 0 Å². The van der Waals surface area contributed by atoms with Crippen molar-refractivity contribution in [1.82, 2.24) is 10.6 Å². The quantitative estimate of drug-likeness (QED) is 0.195. The van der Waals surface area contributed by atoms with Gasteiger partial charge in [0.2, 0.25) is 0 Å². The summed E-state index contributed by atoms with van der Waals surface area (Å²) in [6.45, 7) is 3.09. The van der Waals surface area contributed by atoms with Crippen molar-refractivity contribution < 1.29 is 0 Å². The molecule has 1 atom stereocenters. The molecule has 0 bridgehead atoms. The van der Waals surface area contributed by atoms with Crippen LogP contribution in [-0.4, -0.2) is 30.9 Å². The van der Waals surface area contributed by atoms with Crippen LogP contribution in [0.4, 0.5) is 0 Å². The fourth-order valence-electron chi connectivity index (χ4n) is 1.15. The Balaban J connectivity index is 3.27. The Morgan fingerprint density at radius 1 is 1.27 bits per heavy atom. The van der Waals surface area contributed by atoms with E-state index in [1.54, 1.807) is 6.92 Å². The Morgan fingerprint density at radius 3 is 2.47 bits per heavy atom. The minimum atomic E-state index is -0.0356. The van der Waals surface area contributed by atoms with Crippen LogP contribution >= 0.6 is 0 Å². The smallest absolute Gasteiger partial charge is 0.185 e. The summed E-state index contributed by atoms with van der Waals surface area (Å²) in [6, 6.07) is 0.0370. The lowest BCUT2D eigenvalue weighted by Gasteiger charge is -2.12. The molecule has 0 radical (unpaired) electrons. The van der Waals surface area contributed by atoms with Gasteiger partial charge in [0.15, 0.2) is 5.96 Å². The van der Waals surface area contributed by atoms with E-state index in [2.05, 4.69) is 10.6 Å². The molecular formula is C9H22N6. The summed E-state index contributed by atoms with van der Waals surface area (Å²) in [5.41, 5.74) is 10.9. The van der Waals surface area contributed by atoms with E-state index in [0.717, 1.165) is 25.8 Å². The third kappa shape index (κ3) is 10.6. The number of amidine groups is 1. The lowest BCUT2D eigenvalue weighted by Crippen LogP contribution is -2.40. The fourth-order valence-corrected chi connectivity index (χ4v) is 1.15. The maximum atomic E-state index is 7.14. The highest BCUT2D eigenvalue weighted by Gasteiger charge is 2.01. The molecule has 15 heavy (non-hydrogen) atoms. The summed E-state index contributed by atoms with van der Waals surface area (Å²) >= 11 is 0. The number of unbranched alkanes of at least 4 members (excludes halogenated alkanes) is 1. The molecule has 0 saturated heterocycles. The first-order valence-electron chi connectivity index (χ1n) is 5.15. The Kier molecular flexibility index (Phi) is 7.35. The molecular weight excluding hydrogens is 192 g/mol. The average molecular weight is 214 g/mol. The maximum absolute atomic E-state index is 7.14. The molecule has 0 saturated carbocycles. The van der Waals surface area contributed by atoms with Crippen molar-refractivity contribution in [2.24, 2.45) is 11.5 Å². The normalized spacial score (nSPS) is 11.9. The predicted molar refractivity (Wildman–Crippen MR) is 63.1 cm³/mol. The van der Waals surface area contributed by atoms with Gasteiger partial charge in [-0.3, -0.25) is 10.8 Å². The molecule has 88 valence electrons. The number of nitrogens with one attached hydrogen (secondary N) is 4. The van der Waals surface area contributed by atoms with E-state index in [-0.39, 0.29) is 12.0 Å². The zero-order chi connectivity index (χ0) is 11.7. The lowest BCUT2D eigenvalue weighted by molar-refractivity contribution is 0.550. The number of hydrogen-bond acceptors (Lipinski definition) is 3. The molecule has 6 nitrogen and oxygen atoms in total. The predicted octanol–water partition coefficient (Wildman–Crippen LogP) is -0.446. The number of guanidine groups is 1. The molecule has 0 aromatic heterocycles.